The van der Waals surface area contributed by atoms with Crippen molar-refractivity contribution in [2.75, 3.05) is 17.1 Å². The van der Waals surface area contributed by atoms with Gasteiger partial charge in [0.05, 0.1) is 23.8 Å². The molecule has 0 bridgehead atoms. The van der Waals surface area contributed by atoms with Gasteiger partial charge in [-0.25, -0.2) is 18.4 Å². The van der Waals surface area contributed by atoms with Crippen molar-refractivity contribution in [2.24, 2.45) is 0 Å². The Hall–Kier alpha value is -1.21. The monoisotopic (exact) mass is 231 g/mol. The lowest BCUT2D eigenvalue weighted by Crippen LogP contribution is -2.17. The maximum absolute atomic E-state index is 11.4. The molecule has 0 atom stereocenters. The number of nitrogens with zero attached hydrogens (tertiary/aromatic N) is 2. The lowest BCUT2D eigenvalue weighted by atomic mass is 10.4. The van der Waals surface area contributed by atoms with Gasteiger partial charge in [-0.3, -0.25) is 4.72 Å². The molecule has 1 aromatic rings. The smallest absolute Gasteiger partial charge is 0.232 e. The molecule has 0 aromatic carbocycles. The molecule has 0 amide bonds. The van der Waals surface area contributed by atoms with Crippen LogP contribution in [0.25, 0.3) is 0 Å². The fraction of sp³-hybridized carbons (Fsp3) is 0.500. The molecule has 0 spiro atoms. The van der Waals surface area contributed by atoms with E-state index in [9.17, 15) is 8.42 Å². The van der Waals surface area contributed by atoms with Crippen LogP contribution in [0.15, 0.2) is 18.7 Å². The van der Waals surface area contributed by atoms with Crippen molar-refractivity contribution in [1.82, 2.24) is 9.97 Å². The first kappa shape index (κ1) is 11.9. The summed E-state index contributed by atoms with van der Waals surface area (Å²) in [5, 5.41) is 8.52. The zero-order valence-corrected chi connectivity index (χ0v) is 8.94. The van der Waals surface area contributed by atoms with Crippen molar-refractivity contribution in [3.8, 4) is 0 Å². The fourth-order valence-electron chi connectivity index (χ4n) is 0.986. The maximum atomic E-state index is 11.4. The summed E-state index contributed by atoms with van der Waals surface area (Å²) in [7, 11) is -3.35. The summed E-state index contributed by atoms with van der Waals surface area (Å²) in [4.78, 5) is 7.37. The molecule has 0 saturated heterocycles. The van der Waals surface area contributed by atoms with E-state index in [2.05, 4.69) is 14.7 Å². The third-order valence-electron chi connectivity index (χ3n) is 1.66. The van der Waals surface area contributed by atoms with Crippen LogP contribution in [0, 0.1) is 0 Å². The number of aliphatic hydroxyl groups excluding tert-OH is 1. The molecular formula is C8H13N3O3S. The number of unbranched alkanes of at least 4 members (excludes halogenated alkanes) is 1. The molecule has 0 fully saturated rings. The van der Waals surface area contributed by atoms with Gasteiger partial charge >= 0.3 is 0 Å². The van der Waals surface area contributed by atoms with Crippen molar-refractivity contribution in [3.05, 3.63) is 18.7 Å². The first-order valence-electron chi connectivity index (χ1n) is 4.50. The van der Waals surface area contributed by atoms with Crippen LogP contribution in [0.3, 0.4) is 0 Å². The van der Waals surface area contributed by atoms with Gasteiger partial charge in [0.15, 0.2) is 0 Å². The quantitative estimate of drug-likeness (QED) is 0.672. The number of aliphatic hydroxyl groups is 1. The topological polar surface area (TPSA) is 92.2 Å². The summed E-state index contributed by atoms with van der Waals surface area (Å²) in [6.45, 7) is 0.00394. The largest absolute Gasteiger partial charge is 0.396 e. The van der Waals surface area contributed by atoms with Gasteiger partial charge in [0, 0.05) is 6.61 Å². The zero-order valence-electron chi connectivity index (χ0n) is 8.13. The zero-order chi connectivity index (χ0) is 11.1. The van der Waals surface area contributed by atoms with Crippen LogP contribution in [0.2, 0.25) is 0 Å². The lowest BCUT2D eigenvalue weighted by molar-refractivity contribution is 0.287. The summed E-state index contributed by atoms with van der Waals surface area (Å²) in [5.41, 5.74) is 0.349. The van der Waals surface area contributed by atoms with Gasteiger partial charge in [0.2, 0.25) is 10.0 Å². The predicted molar refractivity (Wildman–Crippen MR) is 55.8 cm³/mol. The van der Waals surface area contributed by atoms with E-state index >= 15 is 0 Å². The summed E-state index contributed by atoms with van der Waals surface area (Å²) >= 11 is 0. The van der Waals surface area contributed by atoms with Crippen molar-refractivity contribution in [3.63, 3.8) is 0 Å². The van der Waals surface area contributed by atoms with E-state index in [0.717, 1.165) is 0 Å². The molecule has 0 aliphatic rings. The molecule has 1 aromatic heterocycles. The Labute approximate surface area is 88.4 Å². The molecule has 6 nitrogen and oxygen atoms in total. The van der Waals surface area contributed by atoms with Crippen molar-refractivity contribution in [2.45, 2.75) is 12.8 Å². The molecule has 0 radical (unpaired) electrons. The van der Waals surface area contributed by atoms with Crippen molar-refractivity contribution in [1.29, 1.82) is 0 Å². The first-order valence-corrected chi connectivity index (χ1v) is 6.15. The Morgan fingerprint density at radius 1 is 1.27 bits per heavy atom. The van der Waals surface area contributed by atoms with E-state index in [4.69, 9.17) is 5.11 Å². The van der Waals surface area contributed by atoms with E-state index in [-0.39, 0.29) is 12.4 Å². The molecule has 1 heterocycles. The normalized spacial score (nSPS) is 11.3. The highest BCUT2D eigenvalue weighted by Crippen LogP contribution is 2.05. The number of nitrogens with one attached hydrogen (secondary N) is 1. The Kier molecular flexibility index (Phi) is 4.44. The van der Waals surface area contributed by atoms with E-state index in [1.54, 1.807) is 0 Å². The Bertz CT molecular complexity index is 379. The summed E-state index contributed by atoms with van der Waals surface area (Å²) in [6.07, 6.45) is 5.00. The van der Waals surface area contributed by atoms with Gasteiger partial charge in [-0.05, 0) is 12.8 Å². The SMILES string of the molecule is O=S(=O)(CCCCO)Nc1cncnc1. The van der Waals surface area contributed by atoms with Crippen LogP contribution in [0.5, 0.6) is 0 Å². The van der Waals surface area contributed by atoms with E-state index < -0.39 is 10.0 Å². The van der Waals surface area contributed by atoms with E-state index in [1.165, 1.54) is 18.7 Å². The number of hydrogen-bond acceptors (Lipinski definition) is 5. The van der Waals surface area contributed by atoms with Crippen LogP contribution in [-0.2, 0) is 10.0 Å². The Balaban J connectivity index is 2.50. The van der Waals surface area contributed by atoms with Crippen molar-refractivity contribution >= 4 is 15.7 Å². The van der Waals surface area contributed by atoms with Crippen LogP contribution >= 0.6 is 0 Å². The second kappa shape index (κ2) is 5.62. The highest BCUT2D eigenvalue weighted by atomic mass is 32.2. The second-order valence-electron chi connectivity index (χ2n) is 2.98. The van der Waals surface area contributed by atoms with Gasteiger partial charge in [-0.2, -0.15) is 0 Å². The highest BCUT2D eigenvalue weighted by Gasteiger charge is 2.09. The minimum Gasteiger partial charge on any atom is -0.396 e. The molecule has 84 valence electrons. The minimum absolute atomic E-state index is 0.00394. The van der Waals surface area contributed by atoms with Gasteiger partial charge < -0.3 is 5.11 Å². The van der Waals surface area contributed by atoms with Crippen LogP contribution in [0.1, 0.15) is 12.8 Å². The van der Waals surface area contributed by atoms with Gasteiger partial charge in [0.1, 0.15) is 6.33 Å². The van der Waals surface area contributed by atoms with E-state index in [0.29, 0.717) is 18.5 Å². The van der Waals surface area contributed by atoms with Gasteiger partial charge in [-0.1, -0.05) is 0 Å². The molecule has 7 heteroatoms. The third kappa shape index (κ3) is 4.71. The number of aromatic nitrogens is 2. The molecule has 1 rings (SSSR count). The fourth-order valence-corrected chi connectivity index (χ4v) is 2.14. The molecule has 0 aliphatic heterocycles. The maximum Gasteiger partial charge on any atom is 0.232 e. The highest BCUT2D eigenvalue weighted by molar-refractivity contribution is 7.92. The number of sulfonamides is 1. The van der Waals surface area contributed by atoms with Crippen LogP contribution in [-0.4, -0.2) is 35.9 Å². The lowest BCUT2D eigenvalue weighted by Gasteiger charge is -2.05. The molecule has 0 saturated carbocycles. The number of rotatable bonds is 6. The Morgan fingerprint density at radius 3 is 2.53 bits per heavy atom. The standard InChI is InChI=1S/C8H13N3O3S/c12-3-1-2-4-15(13,14)11-8-5-9-7-10-6-8/h5-7,11-12H,1-4H2. The second-order valence-corrected chi connectivity index (χ2v) is 4.82. The molecular weight excluding hydrogens is 218 g/mol. The van der Waals surface area contributed by atoms with Crippen LogP contribution in [0.4, 0.5) is 5.69 Å². The predicted octanol–water partition coefficient (Wildman–Crippen LogP) is -0.00920. The van der Waals surface area contributed by atoms with Crippen LogP contribution < -0.4 is 4.72 Å². The summed E-state index contributed by atoms with van der Waals surface area (Å²) < 4.78 is 25.2. The minimum atomic E-state index is -3.35. The average molecular weight is 231 g/mol. The van der Waals surface area contributed by atoms with E-state index in [1.807, 2.05) is 0 Å². The molecule has 0 unspecified atom stereocenters. The first-order chi connectivity index (χ1) is 7.14. The van der Waals surface area contributed by atoms with Gasteiger partial charge in [0.25, 0.3) is 0 Å². The summed E-state index contributed by atoms with van der Waals surface area (Å²) in [6, 6.07) is 0. The molecule has 2 N–H and O–H groups in total. The van der Waals surface area contributed by atoms with Gasteiger partial charge in [-0.15, -0.1) is 0 Å². The third-order valence-corrected chi connectivity index (χ3v) is 3.03. The average Bonchev–Trinajstić information content (AvgIpc) is 2.18. The number of hydrogen-bond donors (Lipinski definition) is 2. The van der Waals surface area contributed by atoms with Crippen molar-refractivity contribution < 1.29 is 13.5 Å². The summed E-state index contributed by atoms with van der Waals surface area (Å²) in [5.74, 6) is -0.0115. The number of anilines is 1. The molecule has 15 heavy (non-hydrogen) atoms. The molecule has 0 aliphatic carbocycles. The Morgan fingerprint density at radius 2 is 1.93 bits per heavy atom.